The first kappa shape index (κ1) is 9.59. The molecule has 0 N–H and O–H groups in total. The summed E-state index contributed by atoms with van der Waals surface area (Å²) in [6, 6.07) is 1.93. The lowest BCUT2D eigenvalue weighted by Gasteiger charge is -2.07. The van der Waals surface area contributed by atoms with Crippen molar-refractivity contribution in [3.05, 3.63) is 23.3 Å². The zero-order chi connectivity index (χ0) is 9.84. The lowest BCUT2D eigenvalue weighted by atomic mass is 10.0. The van der Waals surface area contributed by atoms with Crippen LogP contribution < -0.4 is 0 Å². The molecule has 0 aromatic carbocycles. The van der Waals surface area contributed by atoms with Crippen LogP contribution in [0.1, 0.15) is 36.7 Å². The van der Waals surface area contributed by atoms with Gasteiger partial charge in [-0.05, 0) is 5.92 Å². The minimum Gasteiger partial charge on any atom is -0.244 e. The molecule has 0 saturated heterocycles. The topological polar surface area (TPSA) is 49.6 Å². The second kappa shape index (κ2) is 3.94. The quantitative estimate of drug-likeness (QED) is 0.697. The molecule has 1 aromatic rings. The molecular formula is C9H10FN3. The van der Waals surface area contributed by atoms with Crippen LogP contribution in [0.15, 0.2) is 6.33 Å². The van der Waals surface area contributed by atoms with Gasteiger partial charge in [-0.1, -0.05) is 13.8 Å². The van der Waals surface area contributed by atoms with Gasteiger partial charge < -0.3 is 0 Å². The zero-order valence-electron chi connectivity index (χ0n) is 7.58. The molecule has 0 fully saturated rings. The van der Waals surface area contributed by atoms with Gasteiger partial charge in [0.15, 0.2) is 0 Å². The maximum atomic E-state index is 12.4. The summed E-state index contributed by atoms with van der Waals surface area (Å²) in [5.74, 6) is 0.114. The summed E-state index contributed by atoms with van der Waals surface area (Å²) in [7, 11) is 0. The first-order valence-electron chi connectivity index (χ1n) is 4.00. The minimum absolute atomic E-state index is 0.114. The molecule has 0 aliphatic heterocycles. The largest absolute Gasteiger partial charge is 0.244 e. The molecule has 0 saturated carbocycles. The van der Waals surface area contributed by atoms with Gasteiger partial charge in [0, 0.05) is 0 Å². The highest BCUT2D eigenvalue weighted by Crippen LogP contribution is 2.18. The number of aromatic nitrogens is 2. The first-order valence-corrected chi connectivity index (χ1v) is 4.00. The Morgan fingerprint density at radius 1 is 1.54 bits per heavy atom. The van der Waals surface area contributed by atoms with E-state index in [4.69, 9.17) is 5.26 Å². The summed E-state index contributed by atoms with van der Waals surface area (Å²) in [5, 5.41) is 8.78. The van der Waals surface area contributed by atoms with Gasteiger partial charge in [0.25, 0.3) is 0 Å². The molecule has 0 aliphatic carbocycles. The second-order valence-electron chi connectivity index (χ2n) is 2.98. The maximum absolute atomic E-state index is 12.4. The van der Waals surface area contributed by atoms with Crippen molar-refractivity contribution >= 4 is 0 Å². The van der Waals surface area contributed by atoms with E-state index in [9.17, 15) is 4.39 Å². The highest BCUT2D eigenvalue weighted by atomic mass is 19.1. The summed E-state index contributed by atoms with van der Waals surface area (Å²) < 4.78 is 12.4. The van der Waals surface area contributed by atoms with Crippen LogP contribution in [0.25, 0.3) is 0 Å². The molecular weight excluding hydrogens is 169 g/mol. The van der Waals surface area contributed by atoms with Crippen LogP contribution in [0.5, 0.6) is 0 Å². The molecule has 3 nitrogen and oxygen atoms in total. The fraction of sp³-hybridized carbons (Fsp3) is 0.444. The Morgan fingerprint density at radius 2 is 2.23 bits per heavy atom. The van der Waals surface area contributed by atoms with Gasteiger partial charge in [-0.25, -0.2) is 14.4 Å². The van der Waals surface area contributed by atoms with Gasteiger partial charge in [0.1, 0.15) is 19.1 Å². The number of nitriles is 1. The van der Waals surface area contributed by atoms with E-state index in [1.165, 1.54) is 6.33 Å². The number of hydrogen-bond donors (Lipinski definition) is 0. The van der Waals surface area contributed by atoms with Crippen LogP contribution in [0.4, 0.5) is 4.39 Å². The van der Waals surface area contributed by atoms with E-state index in [0.29, 0.717) is 5.69 Å². The van der Waals surface area contributed by atoms with Crippen molar-refractivity contribution in [3.8, 4) is 6.07 Å². The van der Waals surface area contributed by atoms with E-state index in [0.717, 1.165) is 0 Å². The van der Waals surface area contributed by atoms with E-state index in [-0.39, 0.29) is 17.2 Å². The van der Waals surface area contributed by atoms with Crippen LogP contribution in [-0.4, -0.2) is 9.97 Å². The number of alkyl halides is 1. The second-order valence-corrected chi connectivity index (χ2v) is 2.98. The highest BCUT2D eigenvalue weighted by Gasteiger charge is 2.12. The molecule has 1 rings (SSSR count). The molecule has 1 aromatic heterocycles. The fourth-order valence-electron chi connectivity index (χ4n) is 1.10. The average Bonchev–Trinajstić information content (AvgIpc) is 2.16. The summed E-state index contributed by atoms with van der Waals surface area (Å²) >= 11 is 0. The molecule has 0 amide bonds. The standard InChI is InChI=1S/C9H10FN3/c1-6(2)9-7(4-11)8(3-10)12-5-13-9/h5-6H,3H2,1-2H3. The molecule has 0 aliphatic rings. The monoisotopic (exact) mass is 179 g/mol. The number of rotatable bonds is 2. The Hall–Kier alpha value is -1.50. The van der Waals surface area contributed by atoms with Gasteiger partial charge in [0.05, 0.1) is 17.0 Å². The number of halogens is 1. The Morgan fingerprint density at radius 3 is 2.69 bits per heavy atom. The maximum Gasteiger partial charge on any atom is 0.133 e. The van der Waals surface area contributed by atoms with E-state index in [1.807, 2.05) is 19.9 Å². The van der Waals surface area contributed by atoms with Gasteiger partial charge in [-0.2, -0.15) is 5.26 Å². The third-order valence-electron chi connectivity index (χ3n) is 1.74. The van der Waals surface area contributed by atoms with E-state index in [1.54, 1.807) is 0 Å². The first-order chi connectivity index (χ1) is 6.20. The minimum atomic E-state index is -0.717. The van der Waals surface area contributed by atoms with Gasteiger partial charge in [-0.3, -0.25) is 0 Å². The van der Waals surface area contributed by atoms with Crippen LogP contribution in [0, 0.1) is 11.3 Å². The van der Waals surface area contributed by atoms with Crippen LogP contribution in [0.3, 0.4) is 0 Å². The zero-order valence-corrected chi connectivity index (χ0v) is 7.58. The molecule has 0 bridgehead atoms. The predicted molar refractivity (Wildman–Crippen MR) is 45.6 cm³/mol. The van der Waals surface area contributed by atoms with Crippen LogP contribution in [0.2, 0.25) is 0 Å². The van der Waals surface area contributed by atoms with E-state index < -0.39 is 6.67 Å². The summed E-state index contributed by atoms with van der Waals surface area (Å²) in [6.07, 6.45) is 1.30. The lowest BCUT2D eigenvalue weighted by molar-refractivity contribution is 0.473. The highest BCUT2D eigenvalue weighted by molar-refractivity contribution is 5.38. The van der Waals surface area contributed by atoms with Crippen molar-refractivity contribution in [1.82, 2.24) is 9.97 Å². The summed E-state index contributed by atoms with van der Waals surface area (Å²) in [4.78, 5) is 7.66. The summed E-state index contributed by atoms with van der Waals surface area (Å²) in [5.41, 5.74) is 1.08. The van der Waals surface area contributed by atoms with Crippen molar-refractivity contribution in [1.29, 1.82) is 5.26 Å². The summed E-state index contributed by atoms with van der Waals surface area (Å²) in [6.45, 7) is 3.10. The molecule has 0 spiro atoms. The van der Waals surface area contributed by atoms with Crippen LogP contribution in [-0.2, 0) is 6.67 Å². The number of nitrogens with zero attached hydrogens (tertiary/aromatic N) is 3. The average molecular weight is 179 g/mol. The van der Waals surface area contributed by atoms with Crippen molar-refractivity contribution in [2.24, 2.45) is 0 Å². The Kier molecular flexibility index (Phi) is 2.91. The third kappa shape index (κ3) is 1.81. The Bertz CT molecular complexity index is 341. The van der Waals surface area contributed by atoms with Crippen LogP contribution >= 0.6 is 0 Å². The van der Waals surface area contributed by atoms with Gasteiger partial charge >= 0.3 is 0 Å². The van der Waals surface area contributed by atoms with Gasteiger partial charge in [-0.15, -0.1) is 0 Å². The van der Waals surface area contributed by atoms with Crippen molar-refractivity contribution in [2.45, 2.75) is 26.4 Å². The Balaban J connectivity index is 3.29. The molecule has 13 heavy (non-hydrogen) atoms. The molecule has 4 heteroatoms. The van der Waals surface area contributed by atoms with Gasteiger partial charge in [0.2, 0.25) is 0 Å². The molecule has 68 valence electrons. The van der Waals surface area contributed by atoms with Crippen molar-refractivity contribution in [3.63, 3.8) is 0 Å². The third-order valence-corrected chi connectivity index (χ3v) is 1.74. The van der Waals surface area contributed by atoms with E-state index in [2.05, 4.69) is 9.97 Å². The SMILES string of the molecule is CC(C)c1ncnc(CF)c1C#N. The molecule has 0 unspecified atom stereocenters. The lowest BCUT2D eigenvalue weighted by Crippen LogP contribution is -2.03. The molecule has 0 atom stereocenters. The van der Waals surface area contributed by atoms with Crippen molar-refractivity contribution < 1.29 is 4.39 Å². The normalized spacial score (nSPS) is 10.1. The predicted octanol–water partition coefficient (Wildman–Crippen LogP) is 1.94. The fourth-order valence-corrected chi connectivity index (χ4v) is 1.10. The molecule has 1 heterocycles. The Labute approximate surface area is 76.3 Å². The van der Waals surface area contributed by atoms with E-state index >= 15 is 0 Å². The number of hydrogen-bond acceptors (Lipinski definition) is 3. The smallest absolute Gasteiger partial charge is 0.133 e. The van der Waals surface area contributed by atoms with Crippen molar-refractivity contribution in [2.75, 3.05) is 0 Å². The molecule has 0 radical (unpaired) electrons.